The molecule has 2 aromatic rings. The van der Waals surface area contributed by atoms with Crippen LogP contribution in [0, 0.1) is 0 Å². The first-order valence-electron chi connectivity index (χ1n) is 5.83. The first kappa shape index (κ1) is 13.2. The summed E-state index contributed by atoms with van der Waals surface area (Å²) in [6.07, 6.45) is 2.84. The molecule has 0 aliphatic heterocycles. The second-order valence-electron chi connectivity index (χ2n) is 4.07. The minimum atomic E-state index is 0.330. The van der Waals surface area contributed by atoms with Crippen LogP contribution in [0.25, 0.3) is 11.1 Å². The standard InChI is InChI=1S/C13H14Cl2N2O/c1-2-3-7-10-12(13(16)17-18-10)11-8(14)5-4-6-9(11)15/h4-6H,2-3,7H2,1H3,(H2,16,17). The van der Waals surface area contributed by atoms with E-state index in [0.717, 1.165) is 30.6 Å². The van der Waals surface area contributed by atoms with E-state index in [9.17, 15) is 0 Å². The molecule has 1 aromatic heterocycles. The van der Waals surface area contributed by atoms with E-state index in [2.05, 4.69) is 12.1 Å². The van der Waals surface area contributed by atoms with E-state index in [0.29, 0.717) is 21.4 Å². The molecule has 2 rings (SSSR count). The molecule has 0 amide bonds. The maximum Gasteiger partial charge on any atom is 0.175 e. The number of nitrogens with zero attached hydrogens (tertiary/aromatic N) is 1. The van der Waals surface area contributed by atoms with Crippen molar-refractivity contribution in [2.75, 3.05) is 5.73 Å². The molecule has 0 bridgehead atoms. The number of benzene rings is 1. The minimum absolute atomic E-state index is 0.330. The van der Waals surface area contributed by atoms with Crippen molar-refractivity contribution in [1.29, 1.82) is 0 Å². The van der Waals surface area contributed by atoms with Gasteiger partial charge in [0.1, 0.15) is 5.76 Å². The van der Waals surface area contributed by atoms with Crippen molar-refractivity contribution in [2.45, 2.75) is 26.2 Å². The molecule has 0 aliphatic rings. The van der Waals surface area contributed by atoms with Gasteiger partial charge in [-0.2, -0.15) is 0 Å². The number of aryl methyl sites for hydroxylation is 1. The molecule has 0 fully saturated rings. The fourth-order valence-corrected chi connectivity index (χ4v) is 2.44. The zero-order chi connectivity index (χ0) is 13.1. The van der Waals surface area contributed by atoms with Gasteiger partial charge in [0.25, 0.3) is 0 Å². The third-order valence-corrected chi connectivity index (χ3v) is 3.39. The van der Waals surface area contributed by atoms with Gasteiger partial charge in [0, 0.05) is 12.0 Å². The number of anilines is 1. The zero-order valence-corrected chi connectivity index (χ0v) is 11.6. The Labute approximate surface area is 116 Å². The van der Waals surface area contributed by atoms with Crippen LogP contribution in [-0.4, -0.2) is 5.16 Å². The SMILES string of the molecule is CCCCc1onc(N)c1-c1c(Cl)cccc1Cl. The fraction of sp³-hybridized carbons (Fsp3) is 0.308. The summed E-state index contributed by atoms with van der Waals surface area (Å²) in [5.74, 6) is 1.07. The van der Waals surface area contributed by atoms with Crippen molar-refractivity contribution < 1.29 is 4.52 Å². The van der Waals surface area contributed by atoms with Crippen LogP contribution in [0.1, 0.15) is 25.5 Å². The van der Waals surface area contributed by atoms with E-state index in [1.54, 1.807) is 18.2 Å². The first-order valence-corrected chi connectivity index (χ1v) is 6.59. The molecule has 0 saturated carbocycles. The summed E-state index contributed by atoms with van der Waals surface area (Å²) in [5, 5.41) is 4.92. The molecule has 0 unspecified atom stereocenters. The Morgan fingerprint density at radius 2 is 1.89 bits per heavy atom. The Hall–Kier alpha value is -1.19. The lowest BCUT2D eigenvalue weighted by Crippen LogP contribution is -1.92. The van der Waals surface area contributed by atoms with Crippen molar-refractivity contribution in [2.24, 2.45) is 0 Å². The van der Waals surface area contributed by atoms with Crippen molar-refractivity contribution in [1.82, 2.24) is 5.16 Å². The number of halogens is 2. The van der Waals surface area contributed by atoms with Gasteiger partial charge in [0.2, 0.25) is 0 Å². The van der Waals surface area contributed by atoms with Gasteiger partial charge in [-0.1, -0.05) is 47.8 Å². The molecule has 0 aliphatic carbocycles. The highest BCUT2D eigenvalue weighted by atomic mass is 35.5. The molecule has 1 heterocycles. The molecule has 0 radical (unpaired) electrons. The summed E-state index contributed by atoms with van der Waals surface area (Å²) in [7, 11) is 0. The third-order valence-electron chi connectivity index (χ3n) is 2.76. The van der Waals surface area contributed by atoms with E-state index in [1.807, 2.05) is 0 Å². The van der Waals surface area contributed by atoms with Gasteiger partial charge < -0.3 is 10.3 Å². The Kier molecular flexibility index (Phi) is 4.15. The molecular formula is C13H14Cl2N2O. The van der Waals surface area contributed by atoms with Crippen LogP contribution in [-0.2, 0) is 6.42 Å². The van der Waals surface area contributed by atoms with Gasteiger partial charge in [-0.3, -0.25) is 0 Å². The molecule has 0 atom stereocenters. The Balaban J connectivity index is 2.52. The number of nitrogens with two attached hydrogens (primary N) is 1. The molecule has 2 N–H and O–H groups in total. The molecule has 3 nitrogen and oxygen atoms in total. The summed E-state index contributed by atoms with van der Waals surface area (Å²) in [6.45, 7) is 2.11. The average molecular weight is 285 g/mol. The van der Waals surface area contributed by atoms with Crippen LogP contribution in [0.3, 0.4) is 0 Å². The number of aromatic nitrogens is 1. The summed E-state index contributed by atoms with van der Waals surface area (Å²) in [5.41, 5.74) is 7.28. The van der Waals surface area contributed by atoms with Gasteiger partial charge in [0.05, 0.1) is 15.6 Å². The quantitative estimate of drug-likeness (QED) is 0.895. The van der Waals surface area contributed by atoms with Gasteiger partial charge in [-0.25, -0.2) is 0 Å². The number of hydrogen-bond acceptors (Lipinski definition) is 3. The molecule has 0 saturated heterocycles. The zero-order valence-electron chi connectivity index (χ0n) is 10.0. The third kappa shape index (κ3) is 2.47. The van der Waals surface area contributed by atoms with E-state index in [1.165, 1.54) is 0 Å². The normalized spacial score (nSPS) is 10.8. The molecule has 1 aromatic carbocycles. The lowest BCUT2D eigenvalue weighted by atomic mass is 10.0. The second-order valence-corrected chi connectivity index (χ2v) is 4.88. The van der Waals surface area contributed by atoms with Crippen molar-refractivity contribution in [3.8, 4) is 11.1 Å². The Bertz CT molecular complexity index is 532. The number of nitrogen functional groups attached to an aromatic ring is 1. The lowest BCUT2D eigenvalue weighted by molar-refractivity contribution is 0.383. The van der Waals surface area contributed by atoms with Crippen molar-refractivity contribution in [3.05, 3.63) is 34.0 Å². The summed E-state index contributed by atoms with van der Waals surface area (Å²) >= 11 is 12.4. The Morgan fingerprint density at radius 1 is 1.22 bits per heavy atom. The van der Waals surface area contributed by atoms with Crippen LogP contribution in [0.4, 0.5) is 5.82 Å². The van der Waals surface area contributed by atoms with Crippen molar-refractivity contribution >= 4 is 29.0 Å². The summed E-state index contributed by atoms with van der Waals surface area (Å²) in [6, 6.07) is 5.35. The highest BCUT2D eigenvalue weighted by Crippen LogP contribution is 2.40. The Morgan fingerprint density at radius 3 is 2.50 bits per heavy atom. The summed E-state index contributed by atoms with van der Waals surface area (Å²) < 4.78 is 5.27. The summed E-state index contributed by atoms with van der Waals surface area (Å²) in [4.78, 5) is 0. The monoisotopic (exact) mass is 284 g/mol. The molecule has 5 heteroatoms. The fourth-order valence-electron chi connectivity index (χ4n) is 1.85. The first-order chi connectivity index (χ1) is 8.65. The van der Waals surface area contributed by atoms with E-state index in [-0.39, 0.29) is 0 Å². The molecule has 18 heavy (non-hydrogen) atoms. The minimum Gasteiger partial charge on any atom is -0.380 e. The highest BCUT2D eigenvalue weighted by Gasteiger charge is 2.20. The van der Waals surface area contributed by atoms with Crippen LogP contribution >= 0.6 is 23.2 Å². The van der Waals surface area contributed by atoms with Crippen LogP contribution in [0.15, 0.2) is 22.7 Å². The van der Waals surface area contributed by atoms with E-state index in [4.69, 9.17) is 33.5 Å². The second kappa shape index (κ2) is 5.63. The number of hydrogen-bond donors (Lipinski definition) is 1. The van der Waals surface area contributed by atoms with E-state index >= 15 is 0 Å². The van der Waals surface area contributed by atoms with Gasteiger partial charge in [0.15, 0.2) is 5.82 Å². The highest BCUT2D eigenvalue weighted by molar-refractivity contribution is 6.39. The van der Waals surface area contributed by atoms with Gasteiger partial charge in [-0.15, -0.1) is 0 Å². The van der Waals surface area contributed by atoms with Crippen molar-refractivity contribution in [3.63, 3.8) is 0 Å². The largest absolute Gasteiger partial charge is 0.380 e. The maximum atomic E-state index is 6.19. The number of rotatable bonds is 4. The topological polar surface area (TPSA) is 52.0 Å². The number of unbranched alkanes of at least 4 members (excludes halogenated alkanes) is 1. The maximum absolute atomic E-state index is 6.19. The smallest absolute Gasteiger partial charge is 0.175 e. The van der Waals surface area contributed by atoms with Crippen LogP contribution in [0.5, 0.6) is 0 Å². The predicted octanol–water partition coefficient (Wildman–Crippen LogP) is 4.57. The van der Waals surface area contributed by atoms with E-state index < -0.39 is 0 Å². The predicted molar refractivity (Wildman–Crippen MR) is 75.0 cm³/mol. The van der Waals surface area contributed by atoms with Gasteiger partial charge in [-0.05, 0) is 18.6 Å². The van der Waals surface area contributed by atoms with Gasteiger partial charge >= 0.3 is 0 Å². The average Bonchev–Trinajstić information content (AvgIpc) is 2.69. The van der Waals surface area contributed by atoms with Crippen LogP contribution < -0.4 is 5.73 Å². The van der Waals surface area contributed by atoms with Crippen LogP contribution in [0.2, 0.25) is 10.0 Å². The lowest BCUT2D eigenvalue weighted by Gasteiger charge is -2.07. The molecule has 96 valence electrons. The molecular weight excluding hydrogens is 271 g/mol. The molecule has 0 spiro atoms.